The molecule has 3 rings (SSSR count). The lowest BCUT2D eigenvalue weighted by Gasteiger charge is -2.13. The molecule has 0 unspecified atom stereocenters. The quantitative estimate of drug-likeness (QED) is 0.898. The third kappa shape index (κ3) is 1.90. The van der Waals surface area contributed by atoms with Crippen molar-refractivity contribution >= 4 is 16.9 Å². The maximum absolute atomic E-state index is 13.7. The van der Waals surface area contributed by atoms with Gasteiger partial charge in [-0.15, -0.1) is 11.3 Å². The Bertz CT molecular complexity index is 573. The Morgan fingerprint density at radius 3 is 2.72 bits per heavy atom. The highest BCUT2D eigenvalue weighted by Crippen LogP contribution is 2.34. The molecule has 1 N–H and O–H groups in total. The summed E-state index contributed by atoms with van der Waals surface area (Å²) in [5.74, 6) is -1.03. The Morgan fingerprint density at radius 1 is 1.28 bits per heavy atom. The predicted molar refractivity (Wildman–Crippen MR) is 66.9 cm³/mol. The number of nitrogens with one attached hydrogen (secondary N) is 1. The standard InChI is InChI=1S/C13H10F2N2S/c14-9-2-1-3-10(15)13(9)11-4-8(5-16-11)12-6-18-7-17-12/h1-3,5-7,11,16H,4H2/t11-/m1/s1. The molecule has 0 radical (unpaired) electrons. The zero-order valence-electron chi connectivity index (χ0n) is 9.36. The van der Waals surface area contributed by atoms with Gasteiger partial charge in [0.25, 0.3) is 0 Å². The van der Waals surface area contributed by atoms with Gasteiger partial charge in [-0.1, -0.05) is 6.07 Å². The summed E-state index contributed by atoms with van der Waals surface area (Å²) in [6.07, 6.45) is 2.33. The molecule has 0 bridgehead atoms. The first-order valence-electron chi connectivity index (χ1n) is 5.53. The maximum Gasteiger partial charge on any atom is 0.131 e. The van der Waals surface area contributed by atoms with Gasteiger partial charge in [-0.2, -0.15) is 0 Å². The maximum atomic E-state index is 13.7. The third-order valence-electron chi connectivity index (χ3n) is 2.99. The van der Waals surface area contributed by atoms with E-state index in [1.807, 2.05) is 5.38 Å². The van der Waals surface area contributed by atoms with Crippen molar-refractivity contribution in [3.63, 3.8) is 0 Å². The largest absolute Gasteiger partial charge is 0.383 e. The summed E-state index contributed by atoms with van der Waals surface area (Å²) in [5, 5.41) is 4.94. The zero-order chi connectivity index (χ0) is 12.5. The van der Waals surface area contributed by atoms with Crippen molar-refractivity contribution in [2.75, 3.05) is 0 Å². The number of aromatic nitrogens is 1. The molecule has 0 saturated heterocycles. The van der Waals surface area contributed by atoms with Gasteiger partial charge in [-0.05, 0) is 17.7 Å². The molecule has 0 fully saturated rings. The molecule has 0 aliphatic carbocycles. The van der Waals surface area contributed by atoms with Crippen molar-refractivity contribution in [2.45, 2.75) is 12.5 Å². The lowest BCUT2D eigenvalue weighted by Crippen LogP contribution is -2.13. The number of benzene rings is 1. The van der Waals surface area contributed by atoms with Crippen LogP contribution in [0.5, 0.6) is 0 Å². The number of thiazole rings is 1. The molecule has 1 atom stereocenters. The average Bonchev–Trinajstić information content (AvgIpc) is 2.99. The monoisotopic (exact) mass is 264 g/mol. The number of hydrogen-bond acceptors (Lipinski definition) is 3. The highest BCUT2D eigenvalue weighted by Gasteiger charge is 2.25. The van der Waals surface area contributed by atoms with Crippen LogP contribution in [0.2, 0.25) is 0 Å². The van der Waals surface area contributed by atoms with Crippen molar-refractivity contribution in [3.05, 3.63) is 58.2 Å². The molecule has 2 heterocycles. The first kappa shape index (κ1) is 11.3. The Labute approximate surface area is 107 Å². The predicted octanol–water partition coefficient (Wildman–Crippen LogP) is 3.50. The Hall–Kier alpha value is -1.75. The first-order valence-corrected chi connectivity index (χ1v) is 6.47. The van der Waals surface area contributed by atoms with E-state index in [0.29, 0.717) is 6.42 Å². The van der Waals surface area contributed by atoms with Crippen LogP contribution in [0.1, 0.15) is 23.7 Å². The summed E-state index contributed by atoms with van der Waals surface area (Å²) in [6, 6.07) is 3.57. The summed E-state index contributed by atoms with van der Waals surface area (Å²) in [5.41, 5.74) is 3.68. The molecule has 2 nitrogen and oxygen atoms in total. The van der Waals surface area contributed by atoms with Gasteiger partial charge in [0.1, 0.15) is 11.6 Å². The van der Waals surface area contributed by atoms with Gasteiger partial charge >= 0.3 is 0 Å². The highest BCUT2D eigenvalue weighted by atomic mass is 32.1. The van der Waals surface area contributed by atoms with Crippen molar-refractivity contribution < 1.29 is 8.78 Å². The molecule has 2 aromatic rings. The Morgan fingerprint density at radius 2 is 2.06 bits per heavy atom. The van der Waals surface area contributed by atoms with E-state index < -0.39 is 11.6 Å². The van der Waals surface area contributed by atoms with E-state index in [9.17, 15) is 8.78 Å². The van der Waals surface area contributed by atoms with Gasteiger partial charge in [0.15, 0.2) is 0 Å². The van der Waals surface area contributed by atoms with Gasteiger partial charge in [-0.3, -0.25) is 0 Å². The average molecular weight is 264 g/mol. The van der Waals surface area contributed by atoms with E-state index >= 15 is 0 Å². The number of halogens is 2. The van der Waals surface area contributed by atoms with Crippen LogP contribution in [0.4, 0.5) is 8.78 Å². The zero-order valence-corrected chi connectivity index (χ0v) is 10.2. The van der Waals surface area contributed by atoms with Gasteiger partial charge in [0.2, 0.25) is 0 Å². The molecule has 18 heavy (non-hydrogen) atoms. The molecule has 1 aliphatic heterocycles. The van der Waals surface area contributed by atoms with Crippen LogP contribution >= 0.6 is 11.3 Å². The number of hydrogen-bond donors (Lipinski definition) is 1. The van der Waals surface area contributed by atoms with E-state index in [2.05, 4.69) is 10.3 Å². The highest BCUT2D eigenvalue weighted by molar-refractivity contribution is 7.07. The normalized spacial score (nSPS) is 18.6. The molecular weight excluding hydrogens is 254 g/mol. The summed E-state index contributed by atoms with van der Waals surface area (Å²) in [4.78, 5) is 4.19. The van der Waals surface area contributed by atoms with E-state index in [0.717, 1.165) is 11.3 Å². The molecule has 0 saturated carbocycles. The van der Waals surface area contributed by atoms with Crippen LogP contribution in [0.15, 0.2) is 35.3 Å². The van der Waals surface area contributed by atoms with E-state index in [4.69, 9.17) is 0 Å². The second kappa shape index (κ2) is 4.49. The fourth-order valence-corrected chi connectivity index (χ4v) is 2.69. The Kier molecular flexibility index (Phi) is 2.83. The van der Waals surface area contributed by atoms with Crippen LogP contribution in [0, 0.1) is 11.6 Å². The molecule has 0 amide bonds. The summed E-state index contributed by atoms with van der Waals surface area (Å²) < 4.78 is 27.3. The van der Waals surface area contributed by atoms with E-state index in [1.54, 1.807) is 11.7 Å². The van der Waals surface area contributed by atoms with Crippen LogP contribution in [0.25, 0.3) is 5.57 Å². The second-order valence-corrected chi connectivity index (χ2v) is 4.82. The number of rotatable bonds is 2. The summed E-state index contributed by atoms with van der Waals surface area (Å²) in [7, 11) is 0. The van der Waals surface area contributed by atoms with E-state index in [-0.39, 0.29) is 11.6 Å². The molecule has 1 aromatic carbocycles. The molecule has 5 heteroatoms. The van der Waals surface area contributed by atoms with Crippen molar-refractivity contribution in [1.29, 1.82) is 0 Å². The first-order chi connectivity index (χ1) is 8.75. The van der Waals surface area contributed by atoms with Crippen LogP contribution in [0.3, 0.4) is 0 Å². The molecular formula is C13H10F2N2S. The Balaban J connectivity index is 1.86. The minimum Gasteiger partial charge on any atom is -0.383 e. The minimum absolute atomic E-state index is 0.0963. The fourth-order valence-electron chi connectivity index (χ4n) is 2.12. The van der Waals surface area contributed by atoms with Crippen LogP contribution in [-0.2, 0) is 0 Å². The van der Waals surface area contributed by atoms with Crippen molar-refractivity contribution in [1.82, 2.24) is 10.3 Å². The van der Waals surface area contributed by atoms with Crippen molar-refractivity contribution in [3.8, 4) is 0 Å². The molecule has 0 spiro atoms. The van der Waals surface area contributed by atoms with E-state index in [1.165, 1.54) is 29.5 Å². The topological polar surface area (TPSA) is 24.9 Å². The SMILES string of the molecule is Fc1cccc(F)c1[C@H]1CC(c2cscn2)=CN1. The van der Waals surface area contributed by atoms with Gasteiger partial charge in [-0.25, -0.2) is 13.8 Å². The lowest BCUT2D eigenvalue weighted by molar-refractivity contribution is 0.514. The fraction of sp³-hybridized carbons (Fsp3) is 0.154. The third-order valence-corrected chi connectivity index (χ3v) is 3.58. The molecule has 92 valence electrons. The van der Waals surface area contributed by atoms with Crippen molar-refractivity contribution in [2.24, 2.45) is 0 Å². The smallest absolute Gasteiger partial charge is 0.131 e. The van der Waals surface area contributed by atoms with Crippen LogP contribution in [-0.4, -0.2) is 4.98 Å². The van der Waals surface area contributed by atoms with Gasteiger partial charge in [0.05, 0.1) is 17.2 Å². The number of nitrogens with zero attached hydrogens (tertiary/aromatic N) is 1. The van der Waals surface area contributed by atoms with Gasteiger partial charge < -0.3 is 5.32 Å². The summed E-state index contributed by atoms with van der Waals surface area (Å²) >= 11 is 1.50. The minimum atomic E-state index is -0.513. The second-order valence-electron chi connectivity index (χ2n) is 4.10. The summed E-state index contributed by atoms with van der Waals surface area (Å²) in [6.45, 7) is 0. The molecule has 1 aliphatic rings. The molecule has 1 aromatic heterocycles. The van der Waals surface area contributed by atoms with Crippen LogP contribution < -0.4 is 5.32 Å². The lowest BCUT2D eigenvalue weighted by atomic mass is 10.0. The van der Waals surface area contributed by atoms with Gasteiger partial charge in [0, 0.05) is 23.6 Å².